The lowest BCUT2D eigenvalue weighted by molar-refractivity contribution is 0.562. The third-order valence-electron chi connectivity index (χ3n) is 1.36. The SMILES string of the molecule is CN(C)C=C1C=CC=CC1=N. The average molecular weight is 148 g/mol. The number of hydrogen-bond acceptors (Lipinski definition) is 2. The number of nitrogens with zero attached hydrogens (tertiary/aromatic N) is 1. The highest BCUT2D eigenvalue weighted by Gasteiger charge is 2.00. The summed E-state index contributed by atoms with van der Waals surface area (Å²) in [5.74, 6) is 0. The molecule has 0 saturated carbocycles. The summed E-state index contributed by atoms with van der Waals surface area (Å²) in [5.41, 5.74) is 1.53. The monoisotopic (exact) mass is 148 g/mol. The molecule has 0 aromatic rings. The third kappa shape index (κ3) is 2.08. The maximum Gasteiger partial charge on any atom is 0.0626 e. The van der Waals surface area contributed by atoms with Crippen LogP contribution in [0.4, 0.5) is 0 Å². The molecule has 58 valence electrons. The van der Waals surface area contributed by atoms with Gasteiger partial charge in [-0.1, -0.05) is 18.2 Å². The molecule has 1 aliphatic rings. The first kappa shape index (κ1) is 7.79. The van der Waals surface area contributed by atoms with E-state index < -0.39 is 0 Å². The van der Waals surface area contributed by atoms with Gasteiger partial charge in [0.25, 0.3) is 0 Å². The lowest BCUT2D eigenvalue weighted by atomic mass is 10.1. The van der Waals surface area contributed by atoms with E-state index >= 15 is 0 Å². The van der Waals surface area contributed by atoms with E-state index in [4.69, 9.17) is 5.41 Å². The van der Waals surface area contributed by atoms with Crippen molar-refractivity contribution in [1.82, 2.24) is 4.90 Å². The van der Waals surface area contributed by atoms with Gasteiger partial charge in [-0.3, -0.25) is 0 Å². The Bertz CT molecular complexity index is 244. The highest BCUT2D eigenvalue weighted by Crippen LogP contribution is 2.06. The molecule has 1 N–H and O–H groups in total. The number of allylic oxidation sites excluding steroid dienone is 5. The fourth-order valence-electron chi connectivity index (χ4n) is 0.888. The second kappa shape index (κ2) is 3.19. The molecule has 0 radical (unpaired) electrons. The Labute approximate surface area is 67.0 Å². The molecular formula is C9H12N2. The summed E-state index contributed by atoms with van der Waals surface area (Å²) in [4.78, 5) is 1.94. The van der Waals surface area contributed by atoms with Crippen molar-refractivity contribution in [1.29, 1.82) is 5.41 Å². The van der Waals surface area contributed by atoms with Gasteiger partial charge in [-0.2, -0.15) is 0 Å². The molecule has 0 amide bonds. The molecule has 0 unspecified atom stereocenters. The van der Waals surface area contributed by atoms with E-state index in [0.29, 0.717) is 5.71 Å². The Morgan fingerprint density at radius 2 is 1.91 bits per heavy atom. The molecule has 0 fully saturated rings. The van der Waals surface area contributed by atoms with Gasteiger partial charge in [0.05, 0.1) is 5.71 Å². The molecule has 0 atom stereocenters. The van der Waals surface area contributed by atoms with Gasteiger partial charge in [-0.05, 0) is 6.08 Å². The fourth-order valence-corrected chi connectivity index (χ4v) is 0.888. The van der Waals surface area contributed by atoms with E-state index in [9.17, 15) is 0 Å². The first-order chi connectivity index (χ1) is 5.20. The Kier molecular flexibility index (Phi) is 2.26. The van der Waals surface area contributed by atoms with Crippen LogP contribution in [0.5, 0.6) is 0 Å². The van der Waals surface area contributed by atoms with Crippen LogP contribution >= 0.6 is 0 Å². The molecule has 0 bridgehead atoms. The maximum absolute atomic E-state index is 7.51. The van der Waals surface area contributed by atoms with Crippen molar-refractivity contribution in [2.24, 2.45) is 0 Å². The molecule has 2 nitrogen and oxygen atoms in total. The molecule has 0 spiro atoms. The zero-order chi connectivity index (χ0) is 8.27. The summed E-state index contributed by atoms with van der Waals surface area (Å²) >= 11 is 0. The minimum Gasteiger partial charge on any atom is -0.383 e. The number of rotatable bonds is 1. The van der Waals surface area contributed by atoms with Crippen LogP contribution in [0.2, 0.25) is 0 Å². The van der Waals surface area contributed by atoms with Crippen molar-refractivity contribution in [3.05, 3.63) is 36.1 Å². The third-order valence-corrected chi connectivity index (χ3v) is 1.36. The van der Waals surface area contributed by atoms with Crippen molar-refractivity contribution in [3.8, 4) is 0 Å². The summed E-state index contributed by atoms with van der Waals surface area (Å²) in [6.07, 6.45) is 9.46. The fraction of sp³-hybridized carbons (Fsp3) is 0.222. The van der Waals surface area contributed by atoms with Crippen LogP contribution in [0, 0.1) is 5.41 Å². The maximum atomic E-state index is 7.51. The highest BCUT2D eigenvalue weighted by atomic mass is 15.0. The molecule has 0 heterocycles. The van der Waals surface area contributed by atoms with E-state index in [0.717, 1.165) is 5.57 Å². The molecule has 1 aliphatic carbocycles. The van der Waals surface area contributed by atoms with Gasteiger partial charge in [0.2, 0.25) is 0 Å². The first-order valence-electron chi connectivity index (χ1n) is 3.52. The van der Waals surface area contributed by atoms with E-state index in [1.165, 1.54) is 0 Å². The molecule has 0 aromatic carbocycles. The molecule has 2 heteroatoms. The van der Waals surface area contributed by atoms with Gasteiger partial charge in [-0.15, -0.1) is 0 Å². The number of nitrogens with one attached hydrogen (secondary N) is 1. The molecule has 0 aromatic heterocycles. The molecular weight excluding hydrogens is 136 g/mol. The zero-order valence-electron chi connectivity index (χ0n) is 6.83. The quantitative estimate of drug-likeness (QED) is 0.600. The highest BCUT2D eigenvalue weighted by molar-refractivity contribution is 6.09. The van der Waals surface area contributed by atoms with Crippen molar-refractivity contribution < 1.29 is 0 Å². The van der Waals surface area contributed by atoms with E-state index in [1.54, 1.807) is 6.08 Å². The van der Waals surface area contributed by atoms with Gasteiger partial charge in [0, 0.05) is 25.9 Å². The second-order valence-electron chi connectivity index (χ2n) is 2.68. The van der Waals surface area contributed by atoms with Gasteiger partial charge < -0.3 is 10.3 Å². The van der Waals surface area contributed by atoms with Gasteiger partial charge >= 0.3 is 0 Å². The van der Waals surface area contributed by atoms with Crippen LogP contribution in [0.3, 0.4) is 0 Å². The standard InChI is InChI=1S/C9H12N2/c1-11(2)7-8-5-3-4-6-9(8)10/h3-7,10H,1-2H3. The Morgan fingerprint density at radius 3 is 2.45 bits per heavy atom. The lowest BCUT2D eigenvalue weighted by Gasteiger charge is -2.09. The predicted octanol–water partition coefficient (Wildman–Crippen LogP) is 1.58. The first-order valence-corrected chi connectivity index (χ1v) is 3.52. The topological polar surface area (TPSA) is 27.1 Å². The van der Waals surface area contributed by atoms with E-state index in [1.807, 2.05) is 43.4 Å². The van der Waals surface area contributed by atoms with Crippen LogP contribution in [0.15, 0.2) is 36.1 Å². The van der Waals surface area contributed by atoms with Crippen molar-refractivity contribution >= 4 is 5.71 Å². The minimum absolute atomic E-state index is 0.571. The van der Waals surface area contributed by atoms with Gasteiger partial charge in [0.15, 0.2) is 0 Å². The van der Waals surface area contributed by atoms with Crippen LogP contribution in [0.25, 0.3) is 0 Å². The summed E-state index contributed by atoms with van der Waals surface area (Å²) < 4.78 is 0. The number of hydrogen-bond donors (Lipinski definition) is 1. The van der Waals surface area contributed by atoms with E-state index in [2.05, 4.69) is 0 Å². The smallest absolute Gasteiger partial charge is 0.0626 e. The van der Waals surface area contributed by atoms with Crippen LogP contribution in [-0.2, 0) is 0 Å². The Balaban J connectivity index is 2.81. The minimum atomic E-state index is 0.571. The van der Waals surface area contributed by atoms with Crippen LogP contribution < -0.4 is 0 Å². The molecule has 1 rings (SSSR count). The molecule has 0 saturated heterocycles. The lowest BCUT2D eigenvalue weighted by Crippen LogP contribution is -2.07. The summed E-state index contributed by atoms with van der Waals surface area (Å²) in [6, 6.07) is 0. The Morgan fingerprint density at radius 1 is 1.27 bits per heavy atom. The molecule has 0 aliphatic heterocycles. The Hall–Kier alpha value is -1.31. The van der Waals surface area contributed by atoms with Crippen molar-refractivity contribution in [2.45, 2.75) is 0 Å². The average Bonchev–Trinajstić information content (AvgIpc) is 1.93. The zero-order valence-corrected chi connectivity index (χ0v) is 6.83. The van der Waals surface area contributed by atoms with Crippen molar-refractivity contribution in [2.75, 3.05) is 14.1 Å². The summed E-state index contributed by atoms with van der Waals surface area (Å²) in [7, 11) is 3.90. The largest absolute Gasteiger partial charge is 0.383 e. The summed E-state index contributed by atoms with van der Waals surface area (Å²) in [5, 5.41) is 7.51. The predicted molar refractivity (Wildman–Crippen MR) is 47.8 cm³/mol. The van der Waals surface area contributed by atoms with Gasteiger partial charge in [0.1, 0.15) is 0 Å². The van der Waals surface area contributed by atoms with Crippen molar-refractivity contribution in [3.63, 3.8) is 0 Å². The normalized spacial score (nSPS) is 19.5. The molecule has 11 heavy (non-hydrogen) atoms. The second-order valence-corrected chi connectivity index (χ2v) is 2.68. The summed E-state index contributed by atoms with van der Waals surface area (Å²) in [6.45, 7) is 0. The van der Waals surface area contributed by atoms with Crippen LogP contribution in [0.1, 0.15) is 0 Å². The van der Waals surface area contributed by atoms with Gasteiger partial charge in [-0.25, -0.2) is 0 Å². The van der Waals surface area contributed by atoms with Crippen LogP contribution in [-0.4, -0.2) is 24.7 Å². The van der Waals surface area contributed by atoms with E-state index in [-0.39, 0.29) is 0 Å².